The summed E-state index contributed by atoms with van der Waals surface area (Å²) in [6.07, 6.45) is 1.89. The monoisotopic (exact) mass is 337 g/mol. The highest BCUT2D eigenvalue weighted by molar-refractivity contribution is 5.81. The smallest absolute Gasteiger partial charge is 0.237 e. The second-order valence-corrected chi connectivity index (χ2v) is 6.17. The molecule has 24 heavy (non-hydrogen) atoms. The molecule has 1 heterocycles. The van der Waals surface area contributed by atoms with Crippen LogP contribution in [-0.4, -0.2) is 63.3 Å². The van der Waals surface area contributed by atoms with Crippen molar-refractivity contribution < 1.29 is 13.9 Å². The standard InChI is InChI=1S/C18H28FN3O2/c1-15(18(23)20-9-3-4-14-24-2)21-10-12-22(13-11-21)17-7-5-16(19)6-8-17/h5-8,15H,3-4,9-14H2,1-2H3,(H,20,23)/t15-/m0/s1. The molecule has 134 valence electrons. The summed E-state index contributed by atoms with van der Waals surface area (Å²) in [7, 11) is 1.69. The highest BCUT2D eigenvalue weighted by Gasteiger charge is 2.25. The summed E-state index contributed by atoms with van der Waals surface area (Å²) in [4.78, 5) is 16.7. The summed E-state index contributed by atoms with van der Waals surface area (Å²) < 4.78 is 18.0. The first kappa shape index (κ1) is 18.7. The molecule has 5 nitrogen and oxygen atoms in total. The van der Waals surface area contributed by atoms with Crippen molar-refractivity contribution >= 4 is 11.6 Å². The maximum absolute atomic E-state index is 13.0. The predicted octanol–water partition coefficient (Wildman–Crippen LogP) is 1.88. The molecule has 1 amide bonds. The summed E-state index contributed by atoms with van der Waals surface area (Å²) in [5, 5.41) is 3.00. The minimum absolute atomic E-state index is 0.0858. The van der Waals surface area contributed by atoms with E-state index in [1.807, 2.05) is 6.92 Å². The zero-order chi connectivity index (χ0) is 17.4. The van der Waals surface area contributed by atoms with Crippen LogP contribution in [-0.2, 0) is 9.53 Å². The molecule has 1 aromatic rings. The molecule has 0 aliphatic carbocycles. The van der Waals surface area contributed by atoms with Crippen LogP contribution in [0.25, 0.3) is 0 Å². The van der Waals surface area contributed by atoms with E-state index in [1.165, 1.54) is 12.1 Å². The summed E-state index contributed by atoms with van der Waals surface area (Å²) in [5.41, 5.74) is 1.03. The molecule has 0 spiro atoms. The van der Waals surface area contributed by atoms with Gasteiger partial charge in [-0.15, -0.1) is 0 Å². The first-order chi connectivity index (χ1) is 11.6. The number of rotatable bonds is 8. The number of methoxy groups -OCH3 is 1. The second kappa shape index (κ2) is 9.59. The van der Waals surface area contributed by atoms with Gasteiger partial charge in [0.25, 0.3) is 0 Å². The SMILES string of the molecule is COCCCCNC(=O)[C@H](C)N1CCN(c2ccc(F)cc2)CC1. The highest BCUT2D eigenvalue weighted by atomic mass is 19.1. The van der Waals surface area contributed by atoms with Gasteiger partial charge in [-0.1, -0.05) is 0 Å². The number of ether oxygens (including phenoxy) is 1. The summed E-state index contributed by atoms with van der Waals surface area (Å²) in [6, 6.07) is 6.47. The quantitative estimate of drug-likeness (QED) is 0.736. The van der Waals surface area contributed by atoms with Crippen LogP contribution in [0.15, 0.2) is 24.3 Å². The maximum atomic E-state index is 13.0. The number of benzene rings is 1. The van der Waals surface area contributed by atoms with Crippen molar-refractivity contribution in [3.63, 3.8) is 0 Å². The van der Waals surface area contributed by atoms with E-state index in [2.05, 4.69) is 15.1 Å². The van der Waals surface area contributed by atoms with Crippen molar-refractivity contribution in [1.82, 2.24) is 10.2 Å². The van der Waals surface area contributed by atoms with Gasteiger partial charge < -0.3 is 15.0 Å². The number of halogens is 1. The molecule has 1 aromatic carbocycles. The molecule has 0 unspecified atom stereocenters. The van der Waals surface area contributed by atoms with E-state index in [0.29, 0.717) is 6.54 Å². The van der Waals surface area contributed by atoms with Crippen LogP contribution in [0.2, 0.25) is 0 Å². The zero-order valence-corrected chi connectivity index (χ0v) is 14.6. The van der Waals surface area contributed by atoms with Gasteiger partial charge in [-0.2, -0.15) is 0 Å². The predicted molar refractivity (Wildman–Crippen MR) is 93.8 cm³/mol. The Balaban J connectivity index is 1.72. The van der Waals surface area contributed by atoms with Crippen molar-refractivity contribution in [3.8, 4) is 0 Å². The lowest BCUT2D eigenvalue weighted by Crippen LogP contribution is -2.54. The Morgan fingerprint density at radius 3 is 2.50 bits per heavy atom. The van der Waals surface area contributed by atoms with Crippen LogP contribution in [0.1, 0.15) is 19.8 Å². The number of hydrogen-bond donors (Lipinski definition) is 1. The van der Waals surface area contributed by atoms with Crippen molar-refractivity contribution in [2.45, 2.75) is 25.8 Å². The van der Waals surface area contributed by atoms with Gasteiger partial charge in [0.15, 0.2) is 0 Å². The number of nitrogens with zero attached hydrogens (tertiary/aromatic N) is 2. The highest BCUT2D eigenvalue weighted by Crippen LogP contribution is 2.17. The number of hydrogen-bond acceptors (Lipinski definition) is 4. The number of piperazine rings is 1. The van der Waals surface area contributed by atoms with Crippen LogP contribution in [0.5, 0.6) is 0 Å². The molecular formula is C18H28FN3O2. The van der Waals surface area contributed by atoms with Gasteiger partial charge in [-0.05, 0) is 44.0 Å². The van der Waals surface area contributed by atoms with Crippen molar-refractivity contribution in [1.29, 1.82) is 0 Å². The van der Waals surface area contributed by atoms with Crippen LogP contribution < -0.4 is 10.2 Å². The Morgan fingerprint density at radius 2 is 1.88 bits per heavy atom. The van der Waals surface area contributed by atoms with Crippen molar-refractivity contribution in [2.24, 2.45) is 0 Å². The minimum atomic E-state index is -0.215. The largest absolute Gasteiger partial charge is 0.385 e. The minimum Gasteiger partial charge on any atom is -0.385 e. The van der Waals surface area contributed by atoms with Gasteiger partial charge in [0.1, 0.15) is 5.82 Å². The summed E-state index contributed by atoms with van der Waals surface area (Å²) in [6.45, 7) is 6.73. The lowest BCUT2D eigenvalue weighted by molar-refractivity contribution is -0.126. The molecule has 0 bridgehead atoms. The molecule has 6 heteroatoms. The van der Waals surface area contributed by atoms with Gasteiger partial charge in [-0.25, -0.2) is 4.39 Å². The fourth-order valence-electron chi connectivity index (χ4n) is 2.92. The third kappa shape index (κ3) is 5.46. The lowest BCUT2D eigenvalue weighted by Gasteiger charge is -2.38. The molecule has 2 rings (SSSR count). The van der Waals surface area contributed by atoms with Gasteiger partial charge in [-0.3, -0.25) is 9.69 Å². The Morgan fingerprint density at radius 1 is 1.21 bits per heavy atom. The van der Waals surface area contributed by atoms with E-state index >= 15 is 0 Å². The van der Waals surface area contributed by atoms with E-state index in [9.17, 15) is 9.18 Å². The van der Waals surface area contributed by atoms with Gasteiger partial charge in [0.2, 0.25) is 5.91 Å². The van der Waals surface area contributed by atoms with Crippen LogP contribution in [0, 0.1) is 5.82 Å². The summed E-state index contributed by atoms with van der Waals surface area (Å²) >= 11 is 0. The van der Waals surface area contributed by atoms with E-state index in [1.54, 1.807) is 19.2 Å². The number of nitrogens with one attached hydrogen (secondary N) is 1. The second-order valence-electron chi connectivity index (χ2n) is 6.17. The molecule has 1 saturated heterocycles. The molecule has 1 N–H and O–H groups in total. The number of carbonyl (C=O) groups excluding carboxylic acids is 1. The van der Waals surface area contributed by atoms with Gasteiger partial charge in [0.05, 0.1) is 6.04 Å². The van der Waals surface area contributed by atoms with Gasteiger partial charge >= 0.3 is 0 Å². The van der Waals surface area contributed by atoms with Crippen molar-refractivity contribution in [3.05, 3.63) is 30.1 Å². The van der Waals surface area contributed by atoms with Crippen molar-refractivity contribution in [2.75, 3.05) is 51.3 Å². The average molecular weight is 337 g/mol. The topological polar surface area (TPSA) is 44.8 Å². The Hall–Kier alpha value is -1.66. The zero-order valence-electron chi connectivity index (χ0n) is 14.6. The lowest BCUT2D eigenvalue weighted by atomic mass is 10.2. The molecule has 1 atom stereocenters. The van der Waals surface area contributed by atoms with Crippen LogP contribution >= 0.6 is 0 Å². The Labute approximate surface area is 143 Å². The first-order valence-corrected chi connectivity index (χ1v) is 8.63. The number of amides is 1. The third-order valence-corrected chi connectivity index (χ3v) is 4.51. The molecule has 1 aliphatic rings. The van der Waals surface area contributed by atoms with Gasteiger partial charge in [0, 0.05) is 52.1 Å². The number of anilines is 1. The number of carbonyl (C=O) groups is 1. The fraction of sp³-hybridized carbons (Fsp3) is 0.611. The van der Waals surface area contributed by atoms with E-state index < -0.39 is 0 Å². The molecule has 0 aromatic heterocycles. The van der Waals surface area contributed by atoms with E-state index in [0.717, 1.165) is 51.3 Å². The molecular weight excluding hydrogens is 309 g/mol. The van der Waals surface area contributed by atoms with E-state index in [-0.39, 0.29) is 17.8 Å². The Kier molecular flexibility index (Phi) is 7.46. The molecule has 0 saturated carbocycles. The van der Waals surface area contributed by atoms with Crippen LogP contribution in [0.3, 0.4) is 0 Å². The average Bonchev–Trinajstić information content (AvgIpc) is 2.61. The molecule has 0 radical (unpaired) electrons. The van der Waals surface area contributed by atoms with E-state index in [4.69, 9.17) is 4.74 Å². The van der Waals surface area contributed by atoms with Crippen LogP contribution in [0.4, 0.5) is 10.1 Å². The first-order valence-electron chi connectivity index (χ1n) is 8.63. The third-order valence-electron chi connectivity index (χ3n) is 4.51. The normalized spacial score (nSPS) is 16.9. The molecule has 1 aliphatic heterocycles. The maximum Gasteiger partial charge on any atom is 0.237 e. The fourth-order valence-corrected chi connectivity index (χ4v) is 2.92. The Bertz CT molecular complexity index is 501. The molecule has 1 fully saturated rings. The number of unbranched alkanes of at least 4 members (excludes halogenated alkanes) is 1. The summed E-state index contributed by atoms with van der Waals surface area (Å²) in [5.74, 6) is -0.129.